The fraction of sp³-hybridized carbons (Fsp3) is 0.320. The predicted molar refractivity (Wildman–Crippen MR) is 129 cm³/mol. The number of pyridine rings is 2. The third kappa shape index (κ3) is 5.01. The van der Waals surface area contributed by atoms with E-state index < -0.39 is 17.8 Å². The molecule has 1 fully saturated rings. The SMILES string of the molecule is COc1c(C(N)=O)c(C(CCC(=O)O)C(=O)N2CCN(c3ccccn3)CC2)nc2ccccc12. The summed E-state index contributed by atoms with van der Waals surface area (Å²) in [6.07, 6.45) is 1.43. The van der Waals surface area contributed by atoms with Crippen molar-refractivity contribution in [1.29, 1.82) is 0 Å². The standard InChI is InChI=1S/C25H27N5O5/c1-35-23-16-6-2-3-7-18(16)28-22(21(23)24(26)33)17(9-10-20(31)32)25(34)30-14-12-29(13-15-30)19-8-4-5-11-27-19/h2-8,11,17H,9-10,12-15H2,1H3,(H2,26,33)(H,31,32). The molecule has 182 valence electrons. The van der Waals surface area contributed by atoms with E-state index in [4.69, 9.17) is 10.5 Å². The Kier molecular flexibility index (Phi) is 7.09. The van der Waals surface area contributed by atoms with Gasteiger partial charge < -0.3 is 25.4 Å². The topological polar surface area (TPSA) is 139 Å². The number of anilines is 1. The van der Waals surface area contributed by atoms with Gasteiger partial charge in [0.15, 0.2) is 0 Å². The van der Waals surface area contributed by atoms with Gasteiger partial charge in [-0.2, -0.15) is 0 Å². The molecule has 3 heterocycles. The number of carboxylic acid groups (broad SMARTS) is 1. The highest BCUT2D eigenvalue weighted by molar-refractivity contribution is 6.04. The van der Waals surface area contributed by atoms with Gasteiger partial charge in [-0.3, -0.25) is 19.4 Å². The van der Waals surface area contributed by atoms with E-state index in [1.165, 1.54) is 7.11 Å². The highest BCUT2D eigenvalue weighted by Crippen LogP contribution is 2.36. The quantitative estimate of drug-likeness (QED) is 0.502. The summed E-state index contributed by atoms with van der Waals surface area (Å²) in [6.45, 7) is 2.00. The van der Waals surface area contributed by atoms with Gasteiger partial charge in [-0.05, 0) is 30.7 Å². The van der Waals surface area contributed by atoms with Crippen molar-refractivity contribution in [1.82, 2.24) is 14.9 Å². The Balaban J connectivity index is 1.69. The normalized spacial score (nSPS) is 14.5. The number of aromatic nitrogens is 2. The third-order valence-corrected chi connectivity index (χ3v) is 6.16. The van der Waals surface area contributed by atoms with Crippen LogP contribution in [-0.2, 0) is 9.59 Å². The van der Waals surface area contributed by atoms with E-state index in [0.29, 0.717) is 37.1 Å². The van der Waals surface area contributed by atoms with Crippen molar-refractivity contribution in [3.63, 3.8) is 0 Å². The van der Waals surface area contributed by atoms with Crippen LogP contribution in [0.25, 0.3) is 10.9 Å². The Bertz CT molecular complexity index is 1240. The lowest BCUT2D eigenvalue weighted by Crippen LogP contribution is -2.50. The fourth-order valence-corrected chi connectivity index (χ4v) is 4.46. The second-order valence-electron chi connectivity index (χ2n) is 8.27. The first-order valence-electron chi connectivity index (χ1n) is 11.3. The highest BCUT2D eigenvalue weighted by Gasteiger charge is 2.34. The van der Waals surface area contributed by atoms with Gasteiger partial charge in [0.1, 0.15) is 17.1 Å². The molecular formula is C25H27N5O5. The minimum Gasteiger partial charge on any atom is -0.495 e. The van der Waals surface area contributed by atoms with Crippen LogP contribution < -0.4 is 15.4 Å². The lowest BCUT2D eigenvalue weighted by Gasteiger charge is -2.37. The Hall–Kier alpha value is -4.21. The Morgan fingerprint density at radius 2 is 1.80 bits per heavy atom. The van der Waals surface area contributed by atoms with Crippen LogP contribution in [0.15, 0.2) is 48.7 Å². The Labute approximate surface area is 202 Å². The second-order valence-corrected chi connectivity index (χ2v) is 8.27. The van der Waals surface area contributed by atoms with Crippen LogP contribution in [0.3, 0.4) is 0 Å². The zero-order valence-electron chi connectivity index (χ0n) is 19.4. The average molecular weight is 478 g/mol. The van der Waals surface area contributed by atoms with Gasteiger partial charge in [-0.1, -0.05) is 18.2 Å². The molecule has 1 saturated heterocycles. The van der Waals surface area contributed by atoms with Gasteiger partial charge in [-0.25, -0.2) is 4.98 Å². The summed E-state index contributed by atoms with van der Waals surface area (Å²) < 4.78 is 5.53. The molecule has 10 heteroatoms. The number of piperazine rings is 1. The van der Waals surface area contributed by atoms with Crippen LogP contribution in [0.1, 0.15) is 34.8 Å². The number of methoxy groups -OCH3 is 1. The van der Waals surface area contributed by atoms with E-state index in [-0.39, 0.29) is 35.8 Å². The smallest absolute Gasteiger partial charge is 0.303 e. The Morgan fingerprint density at radius 3 is 2.43 bits per heavy atom. The summed E-state index contributed by atoms with van der Waals surface area (Å²) in [5.74, 6) is -2.03. The molecule has 2 aromatic heterocycles. The molecule has 1 aromatic carbocycles. The highest BCUT2D eigenvalue weighted by atomic mass is 16.5. The molecule has 1 unspecified atom stereocenters. The molecule has 1 atom stereocenters. The van der Waals surface area contributed by atoms with Crippen LogP contribution in [0.2, 0.25) is 0 Å². The van der Waals surface area contributed by atoms with Crippen LogP contribution in [0.5, 0.6) is 5.75 Å². The number of primary amides is 1. The van der Waals surface area contributed by atoms with E-state index in [0.717, 1.165) is 5.82 Å². The van der Waals surface area contributed by atoms with Crippen molar-refractivity contribution in [2.45, 2.75) is 18.8 Å². The van der Waals surface area contributed by atoms with Crippen LogP contribution >= 0.6 is 0 Å². The predicted octanol–water partition coefficient (Wildman–Crippen LogP) is 2.03. The number of rotatable bonds is 8. The molecule has 0 saturated carbocycles. The van der Waals surface area contributed by atoms with Crippen LogP contribution in [0, 0.1) is 0 Å². The van der Waals surface area contributed by atoms with Crippen LogP contribution in [0.4, 0.5) is 5.82 Å². The maximum absolute atomic E-state index is 13.7. The first kappa shape index (κ1) is 23.9. The number of carboxylic acids is 1. The summed E-state index contributed by atoms with van der Waals surface area (Å²) in [7, 11) is 1.42. The molecule has 0 spiro atoms. The molecule has 1 aliphatic rings. The first-order chi connectivity index (χ1) is 16.9. The molecule has 0 bridgehead atoms. The van der Waals surface area contributed by atoms with E-state index in [1.54, 1.807) is 35.4 Å². The van der Waals surface area contributed by atoms with Crippen LogP contribution in [-0.4, -0.2) is 71.0 Å². The molecule has 3 aromatic rings. The summed E-state index contributed by atoms with van der Waals surface area (Å²) in [5, 5.41) is 9.92. The summed E-state index contributed by atoms with van der Waals surface area (Å²) >= 11 is 0. The van der Waals surface area contributed by atoms with Crippen molar-refractivity contribution in [3.8, 4) is 5.75 Å². The molecule has 10 nitrogen and oxygen atoms in total. The maximum Gasteiger partial charge on any atom is 0.303 e. The minimum atomic E-state index is -1.05. The van der Waals surface area contributed by atoms with E-state index in [1.807, 2.05) is 18.2 Å². The summed E-state index contributed by atoms with van der Waals surface area (Å²) in [5.41, 5.74) is 6.40. The number of ether oxygens (including phenoxy) is 1. The largest absolute Gasteiger partial charge is 0.495 e. The lowest BCUT2D eigenvalue weighted by molar-refractivity contribution is -0.137. The van der Waals surface area contributed by atoms with Gasteiger partial charge in [0, 0.05) is 44.2 Å². The number of benzene rings is 1. The number of carbonyl (C=O) groups is 3. The van der Waals surface area contributed by atoms with Gasteiger partial charge in [0.2, 0.25) is 5.91 Å². The average Bonchev–Trinajstić information content (AvgIpc) is 2.88. The van der Waals surface area contributed by atoms with Gasteiger partial charge in [-0.15, -0.1) is 0 Å². The zero-order chi connectivity index (χ0) is 24.9. The van der Waals surface area contributed by atoms with E-state index >= 15 is 0 Å². The van der Waals surface area contributed by atoms with Crippen molar-refractivity contribution in [3.05, 3.63) is 59.9 Å². The van der Waals surface area contributed by atoms with Gasteiger partial charge in [0.25, 0.3) is 5.91 Å². The molecule has 0 radical (unpaired) electrons. The lowest BCUT2D eigenvalue weighted by atomic mass is 9.91. The van der Waals surface area contributed by atoms with Gasteiger partial charge in [0.05, 0.1) is 24.2 Å². The van der Waals surface area contributed by atoms with Crippen molar-refractivity contribution >= 4 is 34.5 Å². The number of hydrogen-bond donors (Lipinski definition) is 2. The number of hydrogen-bond acceptors (Lipinski definition) is 7. The molecule has 0 aliphatic carbocycles. The molecule has 35 heavy (non-hydrogen) atoms. The number of carbonyl (C=O) groups excluding carboxylic acids is 2. The first-order valence-corrected chi connectivity index (χ1v) is 11.3. The van der Waals surface area contributed by atoms with Crippen molar-refractivity contribution in [2.24, 2.45) is 5.73 Å². The number of aliphatic carboxylic acids is 1. The third-order valence-electron chi connectivity index (χ3n) is 6.16. The molecule has 2 amide bonds. The number of fused-ring (bicyclic) bond motifs is 1. The van der Waals surface area contributed by atoms with E-state index in [9.17, 15) is 19.5 Å². The molecule has 3 N–H and O–H groups in total. The van der Waals surface area contributed by atoms with Gasteiger partial charge >= 0.3 is 5.97 Å². The number of para-hydroxylation sites is 1. The monoisotopic (exact) mass is 477 g/mol. The maximum atomic E-state index is 13.7. The number of nitrogens with two attached hydrogens (primary N) is 1. The Morgan fingerprint density at radius 1 is 1.09 bits per heavy atom. The number of nitrogens with zero attached hydrogens (tertiary/aromatic N) is 4. The molecule has 4 rings (SSSR count). The molecule has 1 aliphatic heterocycles. The zero-order valence-corrected chi connectivity index (χ0v) is 19.4. The fourth-order valence-electron chi connectivity index (χ4n) is 4.46. The second kappa shape index (κ2) is 10.4. The molecular weight excluding hydrogens is 450 g/mol. The van der Waals surface area contributed by atoms with Crippen molar-refractivity contribution < 1.29 is 24.2 Å². The summed E-state index contributed by atoms with van der Waals surface area (Å²) in [4.78, 5) is 50.4. The van der Waals surface area contributed by atoms with E-state index in [2.05, 4.69) is 14.9 Å². The summed E-state index contributed by atoms with van der Waals surface area (Å²) in [6, 6.07) is 12.7. The number of amides is 2. The van der Waals surface area contributed by atoms with Crippen molar-refractivity contribution in [2.75, 3.05) is 38.2 Å². The minimum absolute atomic E-state index is 0.00191.